The fourth-order valence-electron chi connectivity index (χ4n) is 4.07. The molecule has 3 atom stereocenters. The van der Waals surface area contributed by atoms with E-state index in [1.165, 1.54) is 25.9 Å². The summed E-state index contributed by atoms with van der Waals surface area (Å²) in [6.07, 6.45) is 4.70. The zero-order chi connectivity index (χ0) is 17.8. The van der Waals surface area contributed by atoms with Gasteiger partial charge in [0.25, 0.3) is 5.91 Å². The molecule has 2 fully saturated rings. The number of fused-ring (bicyclic) bond motifs is 1. The van der Waals surface area contributed by atoms with Gasteiger partial charge in [0, 0.05) is 5.92 Å². The first-order valence-corrected chi connectivity index (χ1v) is 8.83. The van der Waals surface area contributed by atoms with E-state index in [1.54, 1.807) is 4.90 Å². The largest absolute Gasteiger partial charge is 0.449 e. The number of alkyl carbamates (subject to hydrolysis) is 1. The first-order chi connectivity index (χ1) is 12.1. The molecule has 5 nitrogen and oxygen atoms in total. The summed E-state index contributed by atoms with van der Waals surface area (Å²) in [6, 6.07) is 3.58. The van der Waals surface area contributed by atoms with Gasteiger partial charge >= 0.3 is 6.09 Å². The molecule has 7 heteroatoms. The summed E-state index contributed by atoms with van der Waals surface area (Å²) in [6.45, 7) is 2.56. The van der Waals surface area contributed by atoms with Gasteiger partial charge in [-0.1, -0.05) is 6.07 Å². The molecular weight excluding hydrogens is 330 g/mol. The van der Waals surface area contributed by atoms with Crippen LogP contribution in [0.15, 0.2) is 18.2 Å². The number of hydrogen-bond acceptors (Lipinski definition) is 3. The van der Waals surface area contributed by atoms with Crippen LogP contribution in [0.5, 0.6) is 0 Å². The molecule has 0 saturated carbocycles. The number of nitrogens with one attached hydrogen (secondary N) is 2. The van der Waals surface area contributed by atoms with Crippen molar-refractivity contribution < 1.29 is 28.0 Å². The smallest absolute Gasteiger partial charge is 0.414 e. The highest BCUT2D eigenvalue weighted by Crippen LogP contribution is 2.20. The van der Waals surface area contributed by atoms with E-state index in [0.717, 1.165) is 37.5 Å². The first-order valence-electron chi connectivity index (χ1n) is 8.83. The lowest BCUT2D eigenvalue weighted by Crippen LogP contribution is -3.18. The van der Waals surface area contributed by atoms with E-state index in [4.69, 9.17) is 4.74 Å². The zero-order valence-electron chi connectivity index (χ0n) is 14.0. The molecule has 1 unspecified atom stereocenters. The molecule has 1 aromatic carbocycles. The number of halogens is 2. The van der Waals surface area contributed by atoms with Crippen LogP contribution in [-0.2, 0) is 4.74 Å². The Labute approximate surface area is 145 Å². The van der Waals surface area contributed by atoms with E-state index < -0.39 is 29.2 Å². The third-order valence-corrected chi connectivity index (χ3v) is 5.26. The van der Waals surface area contributed by atoms with Crippen LogP contribution in [0, 0.1) is 17.6 Å². The Morgan fingerprint density at radius 3 is 2.60 bits per heavy atom. The van der Waals surface area contributed by atoms with E-state index >= 15 is 0 Å². The van der Waals surface area contributed by atoms with E-state index in [1.807, 2.05) is 5.32 Å². The number of carbonyl (C=O) groups is 2. The number of hydrogen-bond donors (Lipinski definition) is 2. The van der Waals surface area contributed by atoms with Crippen molar-refractivity contribution in [2.45, 2.75) is 38.1 Å². The van der Waals surface area contributed by atoms with Crippen molar-refractivity contribution in [3.63, 3.8) is 0 Å². The highest BCUT2D eigenvalue weighted by molar-refractivity contribution is 6.03. The molecule has 2 heterocycles. The van der Waals surface area contributed by atoms with Crippen molar-refractivity contribution in [2.75, 3.05) is 19.7 Å². The number of rotatable bonds is 3. The maximum Gasteiger partial charge on any atom is 0.414 e. The summed E-state index contributed by atoms with van der Waals surface area (Å²) in [7, 11) is 0. The number of piperidine rings is 2. The topological polar surface area (TPSA) is 59.8 Å². The maximum absolute atomic E-state index is 13.6. The van der Waals surface area contributed by atoms with Crippen LogP contribution in [0.3, 0.4) is 0 Å². The highest BCUT2D eigenvalue weighted by atomic mass is 19.1. The number of amides is 2. The second-order valence-electron chi connectivity index (χ2n) is 6.81. The lowest BCUT2D eigenvalue weighted by atomic mass is 9.84. The van der Waals surface area contributed by atoms with Gasteiger partial charge in [-0.15, -0.1) is 0 Å². The second kappa shape index (κ2) is 7.91. The van der Waals surface area contributed by atoms with E-state index in [-0.39, 0.29) is 12.5 Å². The number of carbonyl (C=O) groups excluding carboxylic acids is 2. The SMILES string of the molecule is O=C(NC(=O)c1c(F)cccc1F)OC[C@@H]1CCC[NH+]2CCCC[C@@H]12. The molecule has 2 saturated heterocycles. The van der Waals surface area contributed by atoms with Gasteiger partial charge in [-0.3, -0.25) is 10.1 Å². The van der Waals surface area contributed by atoms with Crippen LogP contribution >= 0.6 is 0 Å². The lowest BCUT2D eigenvalue weighted by molar-refractivity contribution is -0.940. The summed E-state index contributed by atoms with van der Waals surface area (Å²) in [4.78, 5) is 25.3. The third kappa shape index (κ3) is 4.15. The van der Waals surface area contributed by atoms with Crippen LogP contribution in [-0.4, -0.2) is 37.7 Å². The predicted molar refractivity (Wildman–Crippen MR) is 86.2 cm³/mol. The average molecular weight is 353 g/mol. The Balaban J connectivity index is 1.53. The minimum Gasteiger partial charge on any atom is -0.449 e. The van der Waals surface area contributed by atoms with E-state index in [9.17, 15) is 18.4 Å². The van der Waals surface area contributed by atoms with E-state index in [0.29, 0.717) is 6.04 Å². The van der Waals surface area contributed by atoms with Crippen molar-refractivity contribution in [2.24, 2.45) is 5.92 Å². The summed E-state index contributed by atoms with van der Waals surface area (Å²) in [5, 5.41) is 1.90. The van der Waals surface area contributed by atoms with Crippen molar-refractivity contribution in [3.05, 3.63) is 35.4 Å². The zero-order valence-corrected chi connectivity index (χ0v) is 14.0. The van der Waals surface area contributed by atoms with Gasteiger partial charge in [0.1, 0.15) is 23.8 Å². The van der Waals surface area contributed by atoms with Gasteiger partial charge in [-0.2, -0.15) is 0 Å². The van der Waals surface area contributed by atoms with Crippen LogP contribution in [0.4, 0.5) is 13.6 Å². The molecule has 0 bridgehead atoms. The number of ether oxygens (including phenoxy) is 1. The first kappa shape index (κ1) is 17.8. The Morgan fingerprint density at radius 2 is 1.84 bits per heavy atom. The average Bonchev–Trinajstić information content (AvgIpc) is 2.59. The molecule has 3 rings (SSSR count). The standard InChI is InChI=1S/C18H22F2N2O3/c19-13-6-3-7-14(20)16(13)17(23)21-18(24)25-11-12-5-4-10-22-9-2-1-8-15(12)22/h3,6-7,12,15H,1-2,4-5,8-11H2,(H,21,23,24)/p+1/t12-,15-/m0/s1. The third-order valence-electron chi connectivity index (χ3n) is 5.26. The summed E-state index contributed by atoms with van der Waals surface area (Å²) < 4.78 is 32.3. The fourth-order valence-corrected chi connectivity index (χ4v) is 4.07. The maximum atomic E-state index is 13.6. The molecule has 136 valence electrons. The number of quaternary nitrogens is 1. The van der Waals surface area contributed by atoms with Gasteiger partial charge in [-0.25, -0.2) is 13.6 Å². The lowest BCUT2D eigenvalue weighted by Gasteiger charge is -2.40. The fraction of sp³-hybridized carbons (Fsp3) is 0.556. The molecule has 2 N–H and O–H groups in total. The van der Waals surface area contributed by atoms with Crippen LogP contribution in [0.1, 0.15) is 42.5 Å². The normalized spacial score (nSPS) is 25.8. The molecule has 0 aliphatic carbocycles. The van der Waals surface area contributed by atoms with Crippen molar-refractivity contribution in [1.82, 2.24) is 5.32 Å². The quantitative estimate of drug-likeness (QED) is 0.869. The molecular formula is C18H23F2N2O3+. The van der Waals surface area contributed by atoms with E-state index in [2.05, 4.69) is 0 Å². The molecule has 2 amide bonds. The monoisotopic (exact) mass is 353 g/mol. The van der Waals surface area contributed by atoms with Crippen molar-refractivity contribution in [3.8, 4) is 0 Å². The number of imide groups is 1. The Hall–Kier alpha value is -2.02. The van der Waals surface area contributed by atoms with Gasteiger partial charge < -0.3 is 9.64 Å². The highest BCUT2D eigenvalue weighted by Gasteiger charge is 2.37. The summed E-state index contributed by atoms with van der Waals surface area (Å²) >= 11 is 0. The Bertz CT molecular complexity index is 631. The molecule has 2 aliphatic heterocycles. The predicted octanol–water partition coefficient (Wildman–Crippen LogP) is 1.68. The van der Waals surface area contributed by atoms with Crippen molar-refractivity contribution >= 4 is 12.0 Å². The van der Waals surface area contributed by atoms with Gasteiger partial charge in [0.05, 0.1) is 19.1 Å². The van der Waals surface area contributed by atoms with Crippen LogP contribution in [0.25, 0.3) is 0 Å². The van der Waals surface area contributed by atoms with Gasteiger partial charge in [-0.05, 0) is 44.2 Å². The molecule has 2 aliphatic rings. The van der Waals surface area contributed by atoms with Gasteiger partial charge in [0.2, 0.25) is 0 Å². The Morgan fingerprint density at radius 1 is 1.12 bits per heavy atom. The molecule has 0 aromatic heterocycles. The summed E-state index contributed by atoms with van der Waals surface area (Å²) in [5.74, 6) is -2.89. The molecule has 1 aromatic rings. The van der Waals surface area contributed by atoms with Gasteiger partial charge in [0.15, 0.2) is 0 Å². The second-order valence-corrected chi connectivity index (χ2v) is 6.81. The molecule has 0 radical (unpaired) electrons. The minimum absolute atomic E-state index is 0.229. The van der Waals surface area contributed by atoms with Crippen LogP contribution in [0.2, 0.25) is 0 Å². The van der Waals surface area contributed by atoms with Crippen LogP contribution < -0.4 is 10.2 Å². The Kier molecular flexibility index (Phi) is 5.63. The number of benzene rings is 1. The van der Waals surface area contributed by atoms with Crippen molar-refractivity contribution in [1.29, 1.82) is 0 Å². The molecule has 0 spiro atoms. The molecule has 25 heavy (non-hydrogen) atoms. The minimum atomic E-state index is -1.13. The summed E-state index contributed by atoms with van der Waals surface area (Å²) in [5.41, 5.74) is -0.778.